The van der Waals surface area contributed by atoms with Crippen molar-refractivity contribution in [1.82, 2.24) is 5.32 Å². The van der Waals surface area contributed by atoms with E-state index in [1.807, 2.05) is 26.0 Å². The third kappa shape index (κ3) is 4.15. The average Bonchev–Trinajstić information content (AvgIpc) is 2.78. The largest absolute Gasteiger partial charge is 0.483 e. The van der Waals surface area contributed by atoms with E-state index >= 15 is 0 Å². The van der Waals surface area contributed by atoms with Crippen LogP contribution < -0.4 is 14.8 Å². The molecule has 2 rings (SSSR count). The van der Waals surface area contributed by atoms with Gasteiger partial charge in [-0.2, -0.15) is 0 Å². The number of carbonyl (C=O) groups is 2. The Bertz CT molecular complexity index is 611. The number of para-hydroxylation sites is 1. The van der Waals surface area contributed by atoms with Gasteiger partial charge in [0, 0.05) is 18.0 Å². The van der Waals surface area contributed by atoms with Gasteiger partial charge in [-0.05, 0) is 33.8 Å². The Morgan fingerprint density at radius 2 is 2.09 bits per heavy atom. The van der Waals surface area contributed by atoms with Crippen LogP contribution in [0.25, 0.3) is 0 Å². The fourth-order valence-corrected chi connectivity index (χ4v) is 2.48. The Hall–Kier alpha value is -2.24. The van der Waals surface area contributed by atoms with Crippen molar-refractivity contribution in [3.05, 3.63) is 23.8 Å². The van der Waals surface area contributed by atoms with Crippen LogP contribution in [0, 0.1) is 5.92 Å². The molecule has 0 radical (unpaired) electrons. The van der Waals surface area contributed by atoms with Crippen LogP contribution in [0.5, 0.6) is 11.5 Å². The molecule has 126 valence electrons. The van der Waals surface area contributed by atoms with Crippen molar-refractivity contribution in [3.8, 4) is 11.5 Å². The van der Waals surface area contributed by atoms with Gasteiger partial charge < -0.3 is 19.9 Å². The van der Waals surface area contributed by atoms with E-state index < -0.39 is 17.9 Å². The van der Waals surface area contributed by atoms with Crippen molar-refractivity contribution in [3.63, 3.8) is 0 Å². The van der Waals surface area contributed by atoms with E-state index in [9.17, 15) is 9.59 Å². The maximum Gasteiger partial charge on any atom is 0.308 e. The predicted octanol–water partition coefficient (Wildman–Crippen LogP) is 2.00. The highest BCUT2D eigenvalue weighted by Crippen LogP contribution is 2.41. The highest BCUT2D eigenvalue weighted by molar-refractivity contribution is 5.79. The second-order valence-electron chi connectivity index (χ2n) is 6.55. The summed E-state index contributed by atoms with van der Waals surface area (Å²) in [5.41, 5.74) is 0.774. The number of aliphatic carboxylic acids is 1. The van der Waals surface area contributed by atoms with Crippen molar-refractivity contribution < 1.29 is 24.2 Å². The van der Waals surface area contributed by atoms with Crippen LogP contribution in [-0.2, 0) is 16.0 Å². The third-order valence-corrected chi connectivity index (χ3v) is 3.94. The van der Waals surface area contributed by atoms with Gasteiger partial charge in [0.25, 0.3) is 5.91 Å². The number of carbonyl (C=O) groups excluding carboxylic acids is 1. The number of carboxylic acid groups (broad SMARTS) is 1. The van der Waals surface area contributed by atoms with Crippen molar-refractivity contribution >= 4 is 11.9 Å². The summed E-state index contributed by atoms with van der Waals surface area (Å²) in [6.07, 6.45) is 0.791. The van der Waals surface area contributed by atoms with Crippen LogP contribution in [0.4, 0.5) is 0 Å². The van der Waals surface area contributed by atoms with Gasteiger partial charge in [-0.3, -0.25) is 9.59 Å². The first kappa shape index (κ1) is 17.1. The smallest absolute Gasteiger partial charge is 0.308 e. The topological polar surface area (TPSA) is 84.9 Å². The zero-order valence-electron chi connectivity index (χ0n) is 13.9. The molecule has 1 aromatic carbocycles. The lowest BCUT2D eigenvalue weighted by atomic mass is 10.0. The molecule has 2 unspecified atom stereocenters. The molecule has 6 heteroatoms. The van der Waals surface area contributed by atoms with Gasteiger partial charge in [0.2, 0.25) is 0 Å². The minimum atomic E-state index is -0.949. The van der Waals surface area contributed by atoms with E-state index in [1.165, 1.54) is 0 Å². The molecule has 0 aliphatic carbocycles. The van der Waals surface area contributed by atoms with Crippen molar-refractivity contribution in [1.29, 1.82) is 0 Å². The minimum Gasteiger partial charge on any atom is -0.483 e. The molecule has 1 aromatic rings. The van der Waals surface area contributed by atoms with Crippen molar-refractivity contribution in [2.45, 2.75) is 45.8 Å². The number of rotatable bonds is 6. The van der Waals surface area contributed by atoms with Crippen LogP contribution >= 0.6 is 0 Å². The molecule has 2 N–H and O–H groups in total. The van der Waals surface area contributed by atoms with Crippen LogP contribution in [0.3, 0.4) is 0 Å². The van der Waals surface area contributed by atoms with Crippen LogP contribution in [0.1, 0.15) is 33.3 Å². The summed E-state index contributed by atoms with van der Waals surface area (Å²) in [4.78, 5) is 22.8. The van der Waals surface area contributed by atoms with Gasteiger partial charge in [-0.1, -0.05) is 12.1 Å². The monoisotopic (exact) mass is 321 g/mol. The molecular weight excluding hydrogens is 298 g/mol. The average molecular weight is 321 g/mol. The van der Waals surface area contributed by atoms with Crippen molar-refractivity contribution in [2.24, 2.45) is 5.92 Å². The first-order valence-corrected chi connectivity index (χ1v) is 7.65. The van der Waals surface area contributed by atoms with Gasteiger partial charge in [-0.25, -0.2) is 0 Å². The first-order valence-electron chi connectivity index (χ1n) is 7.65. The molecular formula is C17H23NO5. The maximum atomic E-state index is 11.9. The molecule has 0 saturated heterocycles. The number of nitrogens with one attached hydrogen (secondary N) is 1. The van der Waals surface area contributed by atoms with E-state index in [-0.39, 0.29) is 18.1 Å². The molecule has 0 saturated carbocycles. The van der Waals surface area contributed by atoms with E-state index in [0.29, 0.717) is 11.5 Å². The van der Waals surface area contributed by atoms with Gasteiger partial charge in [-0.15, -0.1) is 0 Å². The summed E-state index contributed by atoms with van der Waals surface area (Å²) in [7, 11) is 0. The highest BCUT2D eigenvalue weighted by atomic mass is 16.5. The Kier molecular flexibility index (Phi) is 4.82. The number of hydrogen-bond acceptors (Lipinski definition) is 4. The highest BCUT2D eigenvalue weighted by Gasteiger charge is 2.32. The normalized spacial score (nSPS) is 17.6. The molecule has 23 heavy (non-hydrogen) atoms. The molecule has 1 aliphatic rings. The number of ether oxygens (including phenoxy) is 2. The van der Waals surface area contributed by atoms with Crippen LogP contribution in [-0.4, -0.2) is 35.2 Å². The summed E-state index contributed by atoms with van der Waals surface area (Å²) >= 11 is 0. The molecule has 1 amide bonds. The summed E-state index contributed by atoms with van der Waals surface area (Å²) in [6.45, 7) is 7.02. The standard InChI is InChI=1S/C17H23NO5/c1-10(16(20)21)11(2)18-14(19)9-22-13-7-5-6-12-8-17(3,4)23-15(12)13/h5-7,10-11H,8-9H2,1-4H3,(H,18,19)(H,20,21). The van der Waals surface area contributed by atoms with Gasteiger partial charge in [0.15, 0.2) is 18.1 Å². The first-order chi connectivity index (χ1) is 10.7. The summed E-state index contributed by atoms with van der Waals surface area (Å²) in [5, 5.41) is 11.6. The number of benzene rings is 1. The SMILES string of the molecule is CC(NC(=O)COc1cccc2c1OC(C)(C)C2)C(C)C(=O)O. The molecule has 1 heterocycles. The molecule has 1 aliphatic heterocycles. The zero-order chi connectivity index (χ0) is 17.2. The fraction of sp³-hybridized carbons (Fsp3) is 0.529. The molecule has 0 spiro atoms. The molecule has 0 bridgehead atoms. The zero-order valence-corrected chi connectivity index (χ0v) is 13.9. The third-order valence-electron chi connectivity index (χ3n) is 3.94. The predicted molar refractivity (Wildman–Crippen MR) is 84.8 cm³/mol. The summed E-state index contributed by atoms with van der Waals surface area (Å²) in [5.74, 6) is -0.765. The van der Waals surface area contributed by atoms with Crippen LogP contribution in [0.15, 0.2) is 18.2 Å². The Morgan fingerprint density at radius 1 is 1.39 bits per heavy atom. The second kappa shape index (κ2) is 6.48. The molecule has 0 fully saturated rings. The van der Waals surface area contributed by atoms with E-state index in [1.54, 1.807) is 19.9 Å². The number of amides is 1. The van der Waals surface area contributed by atoms with E-state index in [2.05, 4.69) is 5.32 Å². The number of carboxylic acids is 1. The quantitative estimate of drug-likeness (QED) is 0.837. The second-order valence-corrected chi connectivity index (χ2v) is 6.55. The molecule has 0 aromatic heterocycles. The Balaban J connectivity index is 1.94. The van der Waals surface area contributed by atoms with Gasteiger partial charge in [0.1, 0.15) is 5.60 Å². The van der Waals surface area contributed by atoms with Crippen molar-refractivity contribution in [2.75, 3.05) is 6.61 Å². The molecule has 2 atom stereocenters. The fourth-order valence-electron chi connectivity index (χ4n) is 2.48. The number of fused-ring (bicyclic) bond motifs is 1. The lowest BCUT2D eigenvalue weighted by Crippen LogP contribution is -2.42. The van der Waals surface area contributed by atoms with Gasteiger partial charge in [0.05, 0.1) is 5.92 Å². The Labute approximate surface area is 135 Å². The van der Waals surface area contributed by atoms with Gasteiger partial charge >= 0.3 is 5.97 Å². The van der Waals surface area contributed by atoms with E-state index in [4.69, 9.17) is 14.6 Å². The Morgan fingerprint density at radius 3 is 2.74 bits per heavy atom. The maximum absolute atomic E-state index is 11.9. The van der Waals surface area contributed by atoms with Crippen LogP contribution in [0.2, 0.25) is 0 Å². The van der Waals surface area contributed by atoms with E-state index in [0.717, 1.165) is 12.0 Å². The summed E-state index contributed by atoms with van der Waals surface area (Å²) in [6, 6.07) is 5.14. The minimum absolute atomic E-state index is 0.184. The molecule has 6 nitrogen and oxygen atoms in total. The number of hydrogen-bond donors (Lipinski definition) is 2. The summed E-state index contributed by atoms with van der Waals surface area (Å²) < 4.78 is 11.4. The lowest BCUT2D eigenvalue weighted by molar-refractivity contribution is -0.142. The lowest BCUT2D eigenvalue weighted by Gasteiger charge is -2.19.